The third-order valence-electron chi connectivity index (χ3n) is 9.60. The summed E-state index contributed by atoms with van der Waals surface area (Å²) in [6.45, 7) is 3.00. The Morgan fingerprint density at radius 3 is 2.40 bits per heavy atom. The average Bonchev–Trinajstić information content (AvgIpc) is 3.82. The molecule has 3 N–H and O–H groups in total. The van der Waals surface area contributed by atoms with Crippen molar-refractivity contribution in [1.29, 1.82) is 0 Å². The molecule has 47 heavy (non-hydrogen) atoms. The molecular formula is C39H35ClN4O3. The molecule has 2 aliphatic rings. The number of aromatic nitrogens is 2. The molecule has 0 unspecified atom stereocenters. The van der Waals surface area contributed by atoms with Gasteiger partial charge in [0.25, 0.3) is 11.8 Å². The van der Waals surface area contributed by atoms with Gasteiger partial charge in [-0.3, -0.25) is 9.59 Å². The lowest BCUT2D eigenvalue weighted by Crippen LogP contribution is -2.31. The number of hydrogen-bond donors (Lipinski definition) is 3. The number of para-hydroxylation sites is 1. The Bertz CT molecular complexity index is 2120. The maximum Gasteiger partial charge on any atom is 0.274 e. The predicted octanol–water partition coefficient (Wildman–Crippen LogP) is 8.73. The van der Waals surface area contributed by atoms with Crippen molar-refractivity contribution in [3.63, 3.8) is 0 Å². The van der Waals surface area contributed by atoms with E-state index in [0.717, 1.165) is 64.5 Å². The molecule has 8 heteroatoms. The Hall–Kier alpha value is -5.01. The first-order chi connectivity index (χ1) is 22.9. The molecular weight excluding hydrogens is 608 g/mol. The Labute approximate surface area is 277 Å². The maximum absolute atomic E-state index is 14.3. The number of alkyl halides is 1. The van der Waals surface area contributed by atoms with Gasteiger partial charge in [0.15, 0.2) is 0 Å². The lowest BCUT2D eigenvalue weighted by molar-refractivity contribution is 0.0982. The molecule has 0 fully saturated rings. The molecule has 0 radical (unpaired) electrons. The highest BCUT2D eigenvalue weighted by atomic mass is 35.5. The van der Waals surface area contributed by atoms with Gasteiger partial charge in [-0.05, 0) is 91.3 Å². The summed E-state index contributed by atoms with van der Waals surface area (Å²) >= 11 is 6.83. The number of benzene rings is 4. The van der Waals surface area contributed by atoms with Crippen LogP contribution in [0.1, 0.15) is 68.9 Å². The molecule has 1 aliphatic heterocycles. The number of nitrogens with zero attached hydrogens (tertiary/aromatic N) is 1. The molecule has 7 nitrogen and oxygen atoms in total. The van der Waals surface area contributed by atoms with Gasteiger partial charge in [0.2, 0.25) is 0 Å². The largest absolute Gasteiger partial charge is 0.489 e. The van der Waals surface area contributed by atoms with Gasteiger partial charge in [-0.25, -0.2) is 0 Å². The summed E-state index contributed by atoms with van der Waals surface area (Å²) in [5.41, 5.74) is 9.09. The van der Waals surface area contributed by atoms with Gasteiger partial charge in [0.1, 0.15) is 23.7 Å². The van der Waals surface area contributed by atoms with Gasteiger partial charge < -0.3 is 24.9 Å². The summed E-state index contributed by atoms with van der Waals surface area (Å²) in [5.74, 6) is 0.544. The van der Waals surface area contributed by atoms with Crippen LogP contribution in [0.5, 0.6) is 5.75 Å². The average molecular weight is 643 g/mol. The van der Waals surface area contributed by atoms with Crippen LogP contribution in [-0.4, -0.2) is 33.7 Å². The first-order valence-corrected chi connectivity index (χ1v) is 16.7. The smallest absolute Gasteiger partial charge is 0.274 e. The highest BCUT2D eigenvalue weighted by Gasteiger charge is 2.39. The van der Waals surface area contributed by atoms with Crippen molar-refractivity contribution in [3.05, 3.63) is 125 Å². The van der Waals surface area contributed by atoms with Crippen LogP contribution in [0.4, 0.5) is 11.4 Å². The number of nitrogens with one attached hydrogen (secondary N) is 3. The third-order valence-corrected chi connectivity index (χ3v) is 9.90. The molecule has 3 heterocycles. The van der Waals surface area contributed by atoms with Crippen molar-refractivity contribution in [2.24, 2.45) is 0 Å². The first kappa shape index (κ1) is 29.4. The predicted molar refractivity (Wildman–Crippen MR) is 188 cm³/mol. The zero-order chi connectivity index (χ0) is 32.1. The van der Waals surface area contributed by atoms with Crippen molar-refractivity contribution in [1.82, 2.24) is 9.97 Å². The van der Waals surface area contributed by atoms with E-state index in [2.05, 4.69) is 33.5 Å². The molecule has 6 aromatic rings. The van der Waals surface area contributed by atoms with E-state index in [0.29, 0.717) is 30.2 Å². The highest BCUT2D eigenvalue weighted by molar-refractivity contribution is 6.21. The molecule has 2 amide bonds. The Balaban J connectivity index is 1.09. The number of fused-ring (bicyclic) bond motifs is 5. The number of ether oxygens (including phenoxy) is 1. The van der Waals surface area contributed by atoms with Crippen LogP contribution >= 0.6 is 11.6 Å². The number of anilines is 2. The van der Waals surface area contributed by atoms with Gasteiger partial charge >= 0.3 is 0 Å². The maximum atomic E-state index is 14.3. The summed E-state index contributed by atoms with van der Waals surface area (Å²) < 4.78 is 6.47. The Morgan fingerprint density at radius 2 is 1.60 bits per heavy atom. The minimum absolute atomic E-state index is 0.0291. The number of rotatable bonds is 7. The van der Waals surface area contributed by atoms with E-state index in [9.17, 15) is 9.59 Å². The van der Waals surface area contributed by atoms with E-state index in [1.54, 1.807) is 0 Å². The van der Waals surface area contributed by atoms with E-state index >= 15 is 0 Å². The molecule has 2 atom stereocenters. The van der Waals surface area contributed by atoms with Crippen molar-refractivity contribution in [2.75, 3.05) is 16.8 Å². The van der Waals surface area contributed by atoms with Crippen molar-refractivity contribution < 1.29 is 14.3 Å². The summed E-state index contributed by atoms with van der Waals surface area (Å²) in [5, 5.41) is 4.66. The summed E-state index contributed by atoms with van der Waals surface area (Å²) in [6.07, 6.45) is 4.16. The van der Waals surface area contributed by atoms with Crippen LogP contribution < -0.4 is 15.0 Å². The number of halogens is 1. The number of H-pyrrole nitrogens is 2. The second-order valence-electron chi connectivity index (χ2n) is 12.7. The van der Waals surface area contributed by atoms with Crippen LogP contribution in [-0.2, 0) is 19.4 Å². The van der Waals surface area contributed by atoms with E-state index < -0.39 is 0 Å². The van der Waals surface area contributed by atoms with Crippen LogP contribution in [0.2, 0.25) is 0 Å². The van der Waals surface area contributed by atoms with Crippen LogP contribution in [0, 0.1) is 0 Å². The van der Waals surface area contributed by atoms with Crippen molar-refractivity contribution in [2.45, 2.75) is 50.5 Å². The highest BCUT2D eigenvalue weighted by Crippen LogP contribution is 2.48. The molecule has 0 saturated heterocycles. The molecule has 2 aromatic heterocycles. The van der Waals surface area contributed by atoms with Gasteiger partial charge in [0, 0.05) is 51.4 Å². The number of carbonyl (C=O) groups is 2. The van der Waals surface area contributed by atoms with E-state index in [-0.39, 0.29) is 23.1 Å². The van der Waals surface area contributed by atoms with Crippen molar-refractivity contribution >= 4 is 56.6 Å². The SMILES string of the molecule is C[C@@H](Cl)[C@H]1CN(C(=O)c2cc3cc(NC(=O)c4cc5ccccc5[nH]4)ccc3[nH]2)c2cc(OCc3ccccc3)c3c(c21)CCCC3. The van der Waals surface area contributed by atoms with E-state index in [1.807, 2.05) is 84.6 Å². The minimum Gasteiger partial charge on any atom is -0.489 e. The quantitative estimate of drug-likeness (QED) is 0.152. The summed E-state index contributed by atoms with van der Waals surface area (Å²) in [4.78, 5) is 35.7. The van der Waals surface area contributed by atoms with Crippen LogP contribution in [0.3, 0.4) is 0 Å². The molecule has 8 rings (SSSR count). The van der Waals surface area contributed by atoms with E-state index in [4.69, 9.17) is 16.3 Å². The monoisotopic (exact) mass is 642 g/mol. The zero-order valence-electron chi connectivity index (χ0n) is 26.1. The summed E-state index contributed by atoms with van der Waals surface area (Å²) in [7, 11) is 0. The van der Waals surface area contributed by atoms with Gasteiger partial charge in [-0.15, -0.1) is 11.6 Å². The number of aromatic amines is 2. The number of amides is 2. The second kappa shape index (κ2) is 12.0. The van der Waals surface area contributed by atoms with Gasteiger partial charge in [-0.2, -0.15) is 0 Å². The normalized spacial score (nSPS) is 16.2. The molecule has 4 aromatic carbocycles. The molecule has 1 aliphatic carbocycles. The van der Waals surface area contributed by atoms with Crippen LogP contribution in [0.25, 0.3) is 21.8 Å². The van der Waals surface area contributed by atoms with E-state index in [1.165, 1.54) is 16.7 Å². The summed E-state index contributed by atoms with van der Waals surface area (Å²) in [6, 6.07) is 29.3. The Kier molecular flexibility index (Phi) is 7.49. The standard InChI is InChI=1S/C39H35ClN4O3/c1-23(40)30-21-44(35-20-36(47-22-24-9-3-2-4-10-24)28-12-6-7-13-29(28)37(30)35)39(46)34-19-26-17-27(15-16-32(26)43-34)41-38(45)33-18-25-11-5-8-14-31(25)42-33/h2-5,8-11,14-20,23,30,42-43H,6-7,12-13,21-22H2,1H3,(H,41,45)/t23-,30-/m1/s1. The number of carbonyl (C=O) groups excluding carboxylic acids is 2. The lowest BCUT2D eigenvalue weighted by Gasteiger charge is -2.26. The van der Waals surface area contributed by atoms with Crippen molar-refractivity contribution in [3.8, 4) is 5.75 Å². The minimum atomic E-state index is -0.226. The topological polar surface area (TPSA) is 90.2 Å². The first-order valence-electron chi connectivity index (χ1n) is 16.3. The second-order valence-corrected chi connectivity index (χ2v) is 13.3. The molecule has 0 spiro atoms. The van der Waals surface area contributed by atoms with Gasteiger partial charge in [0.05, 0.1) is 5.69 Å². The fraction of sp³-hybridized carbons (Fsp3) is 0.231. The molecule has 236 valence electrons. The fourth-order valence-corrected chi connectivity index (χ4v) is 7.44. The van der Waals surface area contributed by atoms with Crippen LogP contribution in [0.15, 0.2) is 91.0 Å². The zero-order valence-corrected chi connectivity index (χ0v) is 26.9. The molecule has 0 bridgehead atoms. The lowest BCUT2D eigenvalue weighted by atomic mass is 9.82. The third kappa shape index (κ3) is 5.44. The Morgan fingerprint density at radius 1 is 0.872 bits per heavy atom. The fourth-order valence-electron chi connectivity index (χ4n) is 7.24. The van der Waals surface area contributed by atoms with Gasteiger partial charge in [-0.1, -0.05) is 48.5 Å². The number of hydrogen-bond acceptors (Lipinski definition) is 3. The molecule has 0 saturated carbocycles.